The number of rotatable bonds is 10. The summed E-state index contributed by atoms with van der Waals surface area (Å²) < 4.78 is 9.90. The van der Waals surface area contributed by atoms with Crippen LogP contribution in [0, 0.1) is 0 Å². The summed E-state index contributed by atoms with van der Waals surface area (Å²) in [6.45, 7) is 0.918. The fraction of sp³-hybridized carbons (Fsp3) is 0.438. The van der Waals surface area contributed by atoms with Gasteiger partial charge in [-0.15, -0.1) is 0 Å². The number of alkyl carbamates (subject to hydrolysis) is 1. The average molecular weight is 337 g/mol. The number of carbonyl (C=O) groups is 3. The van der Waals surface area contributed by atoms with Gasteiger partial charge < -0.3 is 25.8 Å². The molecule has 0 saturated carbocycles. The minimum Gasteiger partial charge on any atom is -0.445 e. The van der Waals surface area contributed by atoms with E-state index in [1.165, 1.54) is 0 Å². The van der Waals surface area contributed by atoms with Crippen LogP contribution in [-0.4, -0.2) is 44.2 Å². The highest BCUT2D eigenvalue weighted by Gasteiger charge is 2.23. The van der Waals surface area contributed by atoms with Crippen LogP contribution in [0.4, 0.5) is 4.79 Å². The van der Waals surface area contributed by atoms with E-state index in [0.29, 0.717) is 19.6 Å². The molecule has 0 unspecified atom stereocenters. The molecule has 0 fully saturated rings. The lowest BCUT2D eigenvalue weighted by molar-refractivity contribution is -0.127. The van der Waals surface area contributed by atoms with Gasteiger partial charge in [0.1, 0.15) is 12.6 Å². The zero-order valence-electron chi connectivity index (χ0n) is 13.6. The number of hydrogen-bond acceptors (Lipinski definition) is 5. The SMILES string of the molecule is COCCCNC(=O)[C@@H](CC(N)=O)NC(=O)OCc1ccccc1. The van der Waals surface area contributed by atoms with Crippen molar-refractivity contribution >= 4 is 17.9 Å². The first-order valence-electron chi connectivity index (χ1n) is 7.55. The average Bonchev–Trinajstić information content (AvgIpc) is 2.56. The molecule has 0 aliphatic carbocycles. The summed E-state index contributed by atoms with van der Waals surface area (Å²) in [7, 11) is 1.56. The third kappa shape index (κ3) is 8.14. The molecule has 0 spiro atoms. The van der Waals surface area contributed by atoms with E-state index in [4.69, 9.17) is 15.2 Å². The topological polar surface area (TPSA) is 120 Å². The maximum Gasteiger partial charge on any atom is 0.408 e. The van der Waals surface area contributed by atoms with Crippen LogP contribution in [0.1, 0.15) is 18.4 Å². The van der Waals surface area contributed by atoms with Gasteiger partial charge in [0.05, 0.1) is 6.42 Å². The molecule has 8 nitrogen and oxygen atoms in total. The van der Waals surface area contributed by atoms with Crippen LogP contribution in [0.3, 0.4) is 0 Å². The number of ether oxygens (including phenoxy) is 2. The molecule has 1 atom stereocenters. The molecule has 1 rings (SSSR count). The van der Waals surface area contributed by atoms with Crippen LogP contribution >= 0.6 is 0 Å². The number of carbonyl (C=O) groups excluding carboxylic acids is 3. The van der Waals surface area contributed by atoms with E-state index >= 15 is 0 Å². The van der Waals surface area contributed by atoms with Crippen LogP contribution in [-0.2, 0) is 25.7 Å². The molecule has 0 aromatic heterocycles. The Balaban J connectivity index is 2.46. The highest BCUT2D eigenvalue weighted by atomic mass is 16.5. The standard InChI is InChI=1S/C16H23N3O5/c1-23-9-5-8-18-15(21)13(10-14(17)20)19-16(22)24-11-12-6-3-2-4-7-12/h2-4,6-7,13H,5,8-11H2,1H3,(H2,17,20)(H,18,21)(H,19,22)/t13-/m1/s1. The van der Waals surface area contributed by atoms with Crippen molar-refractivity contribution in [3.63, 3.8) is 0 Å². The quantitative estimate of drug-likeness (QED) is 0.531. The number of nitrogens with two attached hydrogens (primary N) is 1. The Labute approximate surface area is 140 Å². The van der Waals surface area contributed by atoms with Gasteiger partial charge in [-0.3, -0.25) is 9.59 Å². The van der Waals surface area contributed by atoms with Crippen molar-refractivity contribution in [1.29, 1.82) is 0 Å². The summed E-state index contributed by atoms with van der Waals surface area (Å²) in [4.78, 5) is 34.9. The van der Waals surface area contributed by atoms with Gasteiger partial charge in [-0.05, 0) is 12.0 Å². The molecule has 0 bridgehead atoms. The monoisotopic (exact) mass is 337 g/mol. The van der Waals surface area contributed by atoms with E-state index in [-0.39, 0.29) is 13.0 Å². The van der Waals surface area contributed by atoms with Crippen molar-refractivity contribution in [2.75, 3.05) is 20.3 Å². The van der Waals surface area contributed by atoms with Crippen molar-refractivity contribution < 1.29 is 23.9 Å². The predicted molar refractivity (Wildman–Crippen MR) is 86.9 cm³/mol. The lowest BCUT2D eigenvalue weighted by Crippen LogP contribution is -2.49. The lowest BCUT2D eigenvalue weighted by atomic mass is 10.2. The lowest BCUT2D eigenvalue weighted by Gasteiger charge is -2.17. The van der Waals surface area contributed by atoms with Crippen LogP contribution in [0.2, 0.25) is 0 Å². The van der Waals surface area contributed by atoms with E-state index < -0.39 is 23.9 Å². The third-order valence-corrected chi connectivity index (χ3v) is 3.05. The molecule has 3 amide bonds. The molecule has 1 aromatic carbocycles. The zero-order valence-corrected chi connectivity index (χ0v) is 13.6. The summed E-state index contributed by atoms with van der Waals surface area (Å²) in [5.41, 5.74) is 5.93. The number of nitrogens with one attached hydrogen (secondary N) is 2. The van der Waals surface area contributed by atoms with E-state index in [9.17, 15) is 14.4 Å². The maximum atomic E-state index is 12.0. The largest absolute Gasteiger partial charge is 0.445 e. The van der Waals surface area contributed by atoms with Crippen molar-refractivity contribution in [1.82, 2.24) is 10.6 Å². The van der Waals surface area contributed by atoms with Gasteiger partial charge in [0, 0.05) is 20.3 Å². The minimum atomic E-state index is -1.08. The number of hydrogen-bond donors (Lipinski definition) is 3. The summed E-state index contributed by atoms with van der Waals surface area (Å²) in [5.74, 6) is -1.20. The molecule has 0 radical (unpaired) electrons. The molecular weight excluding hydrogens is 314 g/mol. The van der Waals surface area contributed by atoms with E-state index in [2.05, 4.69) is 10.6 Å². The summed E-state index contributed by atoms with van der Waals surface area (Å²) in [5, 5.41) is 4.96. The fourth-order valence-electron chi connectivity index (χ4n) is 1.87. The maximum absolute atomic E-state index is 12.0. The molecule has 0 aliphatic rings. The second-order valence-electron chi connectivity index (χ2n) is 5.07. The van der Waals surface area contributed by atoms with Crippen molar-refractivity contribution in [3.8, 4) is 0 Å². The molecule has 0 aliphatic heterocycles. The highest BCUT2D eigenvalue weighted by molar-refractivity contribution is 5.90. The number of primary amides is 1. The first kappa shape index (κ1) is 19.4. The van der Waals surface area contributed by atoms with E-state index in [1.54, 1.807) is 19.2 Å². The number of benzene rings is 1. The Kier molecular flexibility index (Phi) is 8.91. The van der Waals surface area contributed by atoms with Gasteiger partial charge in [0.25, 0.3) is 0 Å². The Hall–Kier alpha value is -2.61. The smallest absolute Gasteiger partial charge is 0.408 e. The van der Waals surface area contributed by atoms with Crippen molar-refractivity contribution in [2.45, 2.75) is 25.5 Å². The van der Waals surface area contributed by atoms with Crippen molar-refractivity contribution in [2.24, 2.45) is 5.73 Å². The highest BCUT2D eigenvalue weighted by Crippen LogP contribution is 2.01. The molecular formula is C16H23N3O5. The van der Waals surface area contributed by atoms with Crippen molar-refractivity contribution in [3.05, 3.63) is 35.9 Å². The minimum absolute atomic E-state index is 0.0609. The molecule has 24 heavy (non-hydrogen) atoms. The molecule has 132 valence electrons. The van der Waals surface area contributed by atoms with E-state index in [0.717, 1.165) is 5.56 Å². The van der Waals surface area contributed by atoms with Gasteiger partial charge in [-0.2, -0.15) is 0 Å². The normalized spacial score (nSPS) is 11.4. The van der Waals surface area contributed by atoms with Gasteiger partial charge in [-0.1, -0.05) is 30.3 Å². The molecule has 4 N–H and O–H groups in total. The van der Waals surface area contributed by atoms with Gasteiger partial charge >= 0.3 is 6.09 Å². The van der Waals surface area contributed by atoms with Crippen LogP contribution in [0.25, 0.3) is 0 Å². The first-order valence-corrected chi connectivity index (χ1v) is 7.55. The summed E-state index contributed by atoms with van der Waals surface area (Å²) in [6, 6.07) is 8.02. The number of amides is 3. The Morgan fingerprint density at radius 2 is 1.92 bits per heavy atom. The second kappa shape index (κ2) is 11.0. The number of methoxy groups -OCH3 is 1. The van der Waals surface area contributed by atoms with Crippen LogP contribution in [0.15, 0.2) is 30.3 Å². The second-order valence-corrected chi connectivity index (χ2v) is 5.07. The Bertz CT molecular complexity index is 536. The summed E-state index contributed by atoms with van der Waals surface area (Å²) in [6.07, 6.45) is -0.488. The van der Waals surface area contributed by atoms with Crippen LogP contribution in [0.5, 0.6) is 0 Å². The van der Waals surface area contributed by atoms with Crippen LogP contribution < -0.4 is 16.4 Å². The van der Waals surface area contributed by atoms with Gasteiger partial charge in [0.2, 0.25) is 11.8 Å². The predicted octanol–water partition coefficient (Wildman–Crippen LogP) is 0.310. The summed E-state index contributed by atoms with van der Waals surface area (Å²) >= 11 is 0. The molecule has 0 heterocycles. The van der Waals surface area contributed by atoms with Gasteiger partial charge in [0.15, 0.2) is 0 Å². The van der Waals surface area contributed by atoms with Gasteiger partial charge in [-0.25, -0.2) is 4.79 Å². The Morgan fingerprint density at radius 1 is 1.21 bits per heavy atom. The molecule has 0 saturated heterocycles. The first-order chi connectivity index (χ1) is 11.5. The zero-order chi connectivity index (χ0) is 17.8. The molecule has 8 heteroatoms. The Morgan fingerprint density at radius 3 is 2.54 bits per heavy atom. The molecule has 1 aromatic rings. The third-order valence-electron chi connectivity index (χ3n) is 3.05. The van der Waals surface area contributed by atoms with E-state index in [1.807, 2.05) is 18.2 Å². The fourth-order valence-corrected chi connectivity index (χ4v) is 1.87.